The van der Waals surface area contributed by atoms with Crippen LogP contribution >= 0.6 is 27.3 Å². The monoisotopic (exact) mass is 326 g/mol. The third-order valence-electron chi connectivity index (χ3n) is 2.63. The van der Waals surface area contributed by atoms with E-state index < -0.39 is 0 Å². The first-order valence-corrected chi connectivity index (χ1v) is 7.57. The standard InChI is InChI=1S/C13H15BrN2OS/c1-3-4-12-15-11(8-18-12)7-16-6-10(14)5-9(2)13(16)17/h5-6,8H,3-4,7H2,1-2H3. The number of halogens is 1. The first-order valence-electron chi connectivity index (χ1n) is 5.90. The number of thiazole rings is 1. The molecule has 2 rings (SSSR count). The summed E-state index contributed by atoms with van der Waals surface area (Å²) in [6.45, 7) is 4.51. The Morgan fingerprint density at radius 1 is 1.50 bits per heavy atom. The van der Waals surface area contributed by atoms with Crippen molar-refractivity contribution in [1.29, 1.82) is 0 Å². The molecular formula is C13H15BrN2OS. The van der Waals surface area contributed by atoms with Gasteiger partial charge < -0.3 is 4.57 Å². The van der Waals surface area contributed by atoms with Crippen LogP contribution in [0.25, 0.3) is 0 Å². The van der Waals surface area contributed by atoms with Crippen molar-refractivity contribution in [2.45, 2.75) is 33.2 Å². The Labute approximate surface area is 119 Å². The van der Waals surface area contributed by atoms with Gasteiger partial charge in [0.15, 0.2) is 0 Å². The fraction of sp³-hybridized carbons (Fsp3) is 0.385. The van der Waals surface area contributed by atoms with Gasteiger partial charge in [-0.3, -0.25) is 4.79 Å². The van der Waals surface area contributed by atoms with Crippen LogP contribution in [0.1, 0.15) is 29.6 Å². The summed E-state index contributed by atoms with van der Waals surface area (Å²) in [4.78, 5) is 16.5. The fourth-order valence-electron chi connectivity index (χ4n) is 1.78. The molecule has 3 nitrogen and oxygen atoms in total. The van der Waals surface area contributed by atoms with Gasteiger partial charge in [-0.1, -0.05) is 6.92 Å². The number of nitrogens with zero attached hydrogens (tertiary/aromatic N) is 2. The third-order valence-corrected chi connectivity index (χ3v) is 4.02. The molecule has 2 heterocycles. The molecule has 0 atom stereocenters. The predicted molar refractivity (Wildman–Crippen MR) is 78.4 cm³/mol. The number of rotatable bonds is 4. The second-order valence-electron chi connectivity index (χ2n) is 4.26. The minimum absolute atomic E-state index is 0.0447. The second kappa shape index (κ2) is 5.80. The molecule has 18 heavy (non-hydrogen) atoms. The van der Waals surface area contributed by atoms with Crippen molar-refractivity contribution in [2.24, 2.45) is 0 Å². The summed E-state index contributed by atoms with van der Waals surface area (Å²) in [5.41, 5.74) is 1.75. The van der Waals surface area contributed by atoms with Crippen LogP contribution in [0, 0.1) is 6.92 Å². The molecule has 2 aromatic heterocycles. The van der Waals surface area contributed by atoms with Crippen LogP contribution in [0.2, 0.25) is 0 Å². The van der Waals surface area contributed by atoms with E-state index in [1.54, 1.807) is 15.9 Å². The predicted octanol–water partition coefficient (Wildman–Crippen LogP) is 3.38. The van der Waals surface area contributed by atoms with Crippen molar-refractivity contribution in [1.82, 2.24) is 9.55 Å². The molecule has 0 saturated carbocycles. The lowest BCUT2D eigenvalue weighted by Crippen LogP contribution is -2.22. The van der Waals surface area contributed by atoms with E-state index in [2.05, 4.69) is 27.8 Å². The van der Waals surface area contributed by atoms with Crippen molar-refractivity contribution in [3.05, 3.63) is 48.7 Å². The van der Waals surface area contributed by atoms with E-state index in [0.29, 0.717) is 6.54 Å². The Bertz CT molecular complexity index is 603. The van der Waals surface area contributed by atoms with Gasteiger partial charge in [0.2, 0.25) is 0 Å². The van der Waals surface area contributed by atoms with Gasteiger partial charge in [-0.15, -0.1) is 11.3 Å². The Morgan fingerprint density at radius 3 is 3.00 bits per heavy atom. The van der Waals surface area contributed by atoms with Crippen LogP contribution in [-0.2, 0) is 13.0 Å². The molecule has 96 valence electrons. The smallest absolute Gasteiger partial charge is 0.253 e. The zero-order valence-electron chi connectivity index (χ0n) is 10.4. The molecular weight excluding hydrogens is 312 g/mol. The van der Waals surface area contributed by atoms with Crippen LogP contribution in [0.15, 0.2) is 26.9 Å². The van der Waals surface area contributed by atoms with Gasteiger partial charge in [0.1, 0.15) is 0 Å². The number of hydrogen-bond acceptors (Lipinski definition) is 3. The topological polar surface area (TPSA) is 34.9 Å². The normalized spacial score (nSPS) is 10.8. The van der Waals surface area contributed by atoms with Gasteiger partial charge >= 0.3 is 0 Å². The molecule has 0 aliphatic heterocycles. The Kier molecular flexibility index (Phi) is 4.35. The number of pyridine rings is 1. The van der Waals surface area contributed by atoms with Crippen molar-refractivity contribution in [3.63, 3.8) is 0 Å². The molecule has 0 bridgehead atoms. The molecule has 0 spiro atoms. The van der Waals surface area contributed by atoms with Crippen LogP contribution in [0.3, 0.4) is 0 Å². The van der Waals surface area contributed by atoms with E-state index in [-0.39, 0.29) is 5.56 Å². The van der Waals surface area contributed by atoms with Crippen LogP contribution in [0.5, 0.6) is 0 Å². The lowest BCUT2D eigenvalue weighted by molar-refractivity contribution is 0.730. The van der Waals surface area contributed by atoms with E-state index in [4.69, 9.17) is 0 Å². The highest BCUT2D eigenvalue weighted by atomic mass is 79.9. The summed E-state index contributed by atoms with van der Waals surface area (Å²) in [7, 11) is 0. The molecule has 0 aliphatic rings. The van der Waals surface area contributed by atoms with Crippen LogP contribution in [0.4, 0.5) is 0 Å². The molecule has 0 fully saturated rings. The van der Waals surface area contributed by atoms with Gasteiger partial charge in [0.25, 0.3) is 5.56 Å². The zero-order valence-corrected chi connectivity index (χ0v) is 12.8. The molecule has 0 aliphatic carbocycles. The van der Waals surface area contributed by atoms with Gasteiger partial charge in [-0.05, 0) is 41.8 Å². The summed E-state index contributed by atoms with van der Waals surface area (Å²) < 4.78 is 2.62. The highest BCUT2D eigenvalue weighted by Crippen LogP contribution is 2.14. The third kappa shape index (κ3) is 3.09. The Hall–Kier alpha value is -0.940. The maximum absolute atomic E-state index is 12.0. The highest BCUT2D eigenvalue weighted by Gasteiger charge is 2.06. The van der Waals surface area contributed by atoms with E-state index >= 15 is 0 Å². The van der Waals surface area contributed by atoms with E-state index in [0.717, 1.165) is 33.6 Å². The molecule has 0 amide bonds. The maximum atomic E-state index is 12.0. The Morgan fingerprint density at radius 2 is 2.28 bits per heavy atom. The molecule has 0 aromatic carbocycles. The lowest BCUT2D eigenvalue weighted by Gasteiger charge is -2.05. The van der Waals surface area contributed by atoms with Gasteiger partial charge in [0.05, 0.1) is 17.2 Å². The van der Waals surface area contributed by atoms with Crippen molar-refractivity contribution in [2.75, 3.05) is 0 Å². The first-order chi connectivity index (χ1) is 8.60. The summed E-state index contributed by atoms with van der Waals surface area (Å²) in [5.74, 6) is 0. The fourth-order valence-corrected chi connectivity index (χ4v) is 3.26. The van der Waals surface area contributed by atoms with Gasteiger partial charge in [0, 0.05) is 21.6 Å². The quantitative estimate of drug-likeness (QED) is 0.863. The largest absolute Gasteiger partial charge is 0.308 e. The minimum Gasteiger partial charge on any atom is -0.308 e. The zero-order chi connectivity index (χ0) is 13.1. The van der Waals surface area contributed by atoms with Gasteiger partial charge in [-0.2, -0.15) is 0 Å². The SMILES string of the molecule is CCCc1nc(Cn2cc(Br)cc(C)c2=O)cs1. The molecule has 0 N–H and O–H groups in total. The average Bonchev–Trinajstić information content (AvgIpc) is 2.73. The molecule has 0 radical (unpaired) electrons. The molecule has 2 aromatic rings. The Balaban J connectivity index is 2.25. The molecule has 0 unspecified atom stereocenters. The second-order valence-corrected chi connectivity index (χ2v) is 6.12. The number of hydrogen-bond donors (Lipinski definition) is 0. The van der Waals surface area contributed by atoms with E-state index in [9.17, 15) is 4.79 Å². The molecule has 0 saturated heterocycles. The van der Waals surface area contributed by atoms with E-state index in [1.807, 2.05) is 24.6 Å². The van der Waals surface area contributed by atoms with Crippen molar-refractivity contribution < 1.29 is 0 Å². The summed E-state index contributed by atoms with van der Waals surface area (Å²) in [6, 6.07) is 1.84. The highest BCUT2D eigenvalue weighted by molar-refractivity contribution is 9.10. The van der Waals surface area contributed by atoms with Crippen molar-refractivity contribution >= 4 is 27.3 Å². The summed E-state index contributed by atoms with van der Waals surface area (Å²) in [6.07, 6.45) is 3.92. The van der Waals surface area contributed by atoms with E-state index in [1.165, 1.54) is 0 Å². The minimum atomic E-state index is 0.0447. The maximum Gasteiger partial charge on any atom is 0.253 e. The summed E-state index contributed by atoms with van der Waals surface area (Å²) >= 11 is 5.08. The summed E-state index contributed by atoms with van der Waals surface area (Å²) in [5, 5.41) is 3.18. The average molecular weight is 327 g/mol. The number of aromatic nitrogens is 2. The number of aryl methyl sites for hydroxylation is 2. The van der Waals surface area contributed by atoms with Crippen LogP contribution in [-0.4, -0.2) is 9.55 Å². The van der Waals surface area contributed by atoms with Gasteiger partial charge in [-0.25, -0.2) is 4.98 Å². The molecule has 5 heteroatoms. The first kappa shape index (κ1) is 13.5. The van der Waals surface area contributed by atoms with Crippen LogP contribution < -0.4 is 5.56 Å². The lowest BCUT2D eigenvalue weighted by atomic mass is 10.3. The van der Waals surface area contributed by atoms with Crippen molar-refractivity contribution in [3.8, 4) is 0 Å².